The van der Waals surface area contributed by atoms with Gasteiger partial charge in [0.1, 0.15) is 12.1 Å². The Morgan fingerprint density at radius 2 is 1.71 bits per heavy atom. The van der Waals surface area contributed by atoms with Gasteiger partial charge in [0.05, 0.1) is 18.3 Å². The molecule has 1 unspecified atom stereocenters. The summed E-state index contributed by atoms with van der Waals surface area (Å²) < 4.78 is 11.6. The lowest BCUT2D eigenvalue weighted by atomic mass is 9.89. The Hall–Kier alpha value is -2.72. The molecule has 2 N–H and O–H groups in total. The number of carbonyl (C=O) groups excluding carboxylic acids is 4. The summed E-state index contributed by atoms with van der Waals surface area (Å²) >= 11 is 0. The van der Waals surface area contributed by atoms with Gasteiger partial charge in [-0.3, -0.25) is 14.4 Å². The van der Waals surface area contributed by atoms with Crippen LogP contribution in [0.2, 0.25) is 0 Å². The van der Waals surface area contributed by atoms with Crippen molar-refractivity contribution in [2.45, 2.75) is 117 Å². The quantitative estimate of drug-likeness (QED) is 0.0989. The van der Waals surface area contributed by atoms with Gasteiger partial charge in [0.25, 0.3) is 11.7 Å². The van der Waals surface area contributed by atoms with Gasteiger partial charge in [0.15, 0.2) is 0 Å². The molecule has 0 aromatic heterocycles. The Balaban J connectivity index is 1.86. The van der Waals surface area contributed by atoms with Gasteiger partial charge in [0.2, 0.25) is 5.79 Å². The molecule has 9 heteroatoms. The van der Waals surface area contributed by atoms with Crippen molar-refractivity contribution in [3.63, 3.8) is 0 Å². The molecule has 0 aromatic carbocycles. The summed E-state index contributed by atoms with van der Waals surface area (Å²) in [6.07, 6.45) is 15.8. The van der Waals surface area contributed by atoms with Gasteiger partial charge in [-0.1, -0.05) is 57.2 Å². The van der Waals surface area contributed by atoms with Crippen molar-refractivity contribution in [3.05, 3.63) is 47.6 Å². The zero-order valence-corrected chi connectivity index (χ0v) is 28.1. The minimum absolute atomic E-state index is 0.00712. The Labute approximate surface area is 269 Å². The number of carbonyl (C=O) groups is 4. The molecule has 0 spiro atoms. The summed E-state index contributed by atoms with van der Waals surface area (Å²) in [6.45, 7) is 10.4. The number of aldehydes is 1. The number of hydrogen-bond donors (Lipinski definition) is 2. The average molecular weight is 630 g/mol. The molecule has 0 radical (unpaired) electrons. The fraction of sp³-hybridized carbons (Fsp3) is 0.667. The fourth-order valence-electron chi connectivity index (χ4n) is 5.93. The third-order valence-corrected chi connectivity index (χ3v) is 8.82. The van der Waals surface area contributed by atoms with Crippen LogP contribution in [0.25, 0.3) is 0 Å². The van der Waals surface area contributed by atoms with Gasteiger partial charge in [-0.25, -0.2) is 0 Å². The van der Waals surface area contributed by atoms with E-state index < -0.39 is 29.7 Å². The molecule has 7 atom stereocenters. The number of aliphatic hydroxyl groups excluding tert-OH is 1. The van der Waals surface area contributed by atoms with Crippen LogP contribution >= 0.6 is 0 Å². The summed E-state index contributed by atoms with van der Waals surface area (Å²) in [6, 6.07) is 0. The highest BCUT2D eigenvalue weighted by atomic mass is 16.6. The molecule has 2 rings (SSSR count). The molecule has 45 heavy (non-hydrogen) atoms. The van der Waals surface area contributed by atoms with E-state index in [-0.39, 0.29) is 42.5 Å². The number of Topliss-reactive ketones (excluding diaryl/α,β-unsaturated/α-hetero) is 2. The second kappa shape index (κ2) is 19.1. The highest BCUT2D eigenvalue weighted by Gasteiger charge is 2.47. The van der Waals surface area contributed by atoms with E-state index in [0.29, 0.717) is 44.3 Å². The van der Waals surface area contributed by atoms with E-state index >= 15 is 0 Å². The molecular weight excluding hydrogens is 574 g/mol. The Kier molecular flexibility index (Phi) is 16.3. The minimum atomic E-state index is -2.09. The van der Waals surface area contributed by atoms with Gasteiger partial charge in [-0.15, -0.1) is 0 Å². The number of allylic oxidation sites excluding steroid dienone is 6. The number of amides is 1. The SMILES string of the molecule is CO[C@@H](C[C@@H]1CCC[C@](O)(C(=O)C(=O)N2CCCCC2)O1)/C(C)=C/C=C/C=C/C(C)C[C@@H](C)C(=O)C[C@H](O)/C(C)=C/[C@@H](C)C=O. The first-order chi connectivity index (χ1) is 21.3. The van der Waals surface area contributed by atoms with E-state index in [1.807, 2.05) is 51.2 Å². The predicted octanol–water partition coefficient (Wildman–Crippen LogP) is 5.05. The molecule has 2 aliphatic heterocycles. The number of piperidine rings is 1. The van der Waals surface area contributed by atoms with Crippen molar-refractivity contribution in [2.24, 2.45) is 17.8 Å². The molecule has 252 valence electrons. The van der Waals surface area contributed by atoms with E-state index in [1.54, 1.807) is 27.0 Å². The van der Waals surface area contributed by atoms with E-state index in [4.69, 9.17) is 9.47 Å². The molecule has 0 aliphatic carbocycles. The van der Waals surface area contributed by atoms with E-state index in [9.17, 15) is 29.4 Å². The third-order valence-electron chi connectivity index (χ3n) is 8.82. The molecule has 1 amide bonds. The monoisotopic (exact) mass is 629 g/mol. The van der Waals surface area contributed by atoms with Crippen LogP contribution in [0.4, 0.5) is 0 Å². The van der Waals surface area contributed by atoms with Crippen LogP contribution in [0.15, 0.2) is 47.6 Å². The molecule has 0 aromatic rings. The van der Waals surface area contributed by atoms with Crippen molar-refractivity contribution in [1.82, 2.24) is 4.90 Å². The molecule has 0 saturated carbocycles. The normalized spacial score (nSPS) is 25.2. The number of ketones is 2. The topological polar surface area (TPSA) is 130 Å². The van der Waals surface area contributed by atoms with Crippen LogP contribution in [-0.4, -0.2) is 83.2 Å². The van der Waals surface area contributed by atoms with Gasteiger partial charge < -0.3 is 29.4 Å². The molecule has 2 aliphatic rings. The summed E-state index contributed by atoms with van der Waals surface area (Å²) in [4.78, 5) is 50.7. The highest BCUT2D eigenvalue weighted by Crippen LogP contribution is 2.32. The summed E-state index contributed by atoms with van der Waals surface area (Å²) in [5.41, 5.74) is 1.59. The lowest BCUT2D eigenvalue weighted by Crippen LogP contribution is -2.55. The van der Waals surface area contributed by atoms with Gasteiger partial charge in [-0.05, 0) is 69.4 Å². The maximum atomic E-state index is 12.9. The summed E-state index contributed by atoms with van der Waals surface area (Å²) in [5, 5.41) is 21.4. The van der Waals surface area contributed by atoms with Gasteiger partial charge >= 0.3 is 0 Å². The van der Waals surface area contributed by atoms with Crippen molar-refractivity contribution in [2.75, 3.05) is 20.2 Å². The maximum absolute atomic E-state index is 12.9. The second-order valence-electron chi connectivity index (χ2n) is 12.9. The van der Waals surface area contributed by atoms with Crippen molar-refractivity contribution >= 4 is 23.8 Å². The van der Waals surface area contributed by atoms with Crippen molar-refractivity contribution < 1.29 is 38.9 Å². The van der Waals surface area contributed by atoms with E-state index in [2.05, 4.69) is 0 Å². The number of nitrogens with zero attached hydrogens (tertiary/aromatic N) is 1. The summed E-state index contributed by atoms with van der Waals surface area (Å²) in [5.74, 6) is -3.98. The first-order valence-corrected chi connectivity index (χ1v) is 16.4. The van der Waals surface area contributed by atoms with Crippen molar-refractivity contribution in [3.8, 4) is 0 Å². The second-order valence-corrected chi connectivity index (χ2v) is 12.9. The zero-order chi connectivity index (χ0) is 33.6. The van der Waals surface area contributed by atoms with Crippen LogP contribution in [0.5, 0.6) is 0 Å². The zero-order valence-electron chi connectivity index (χ0n) is 28.1. The largest absolute Gasteiger partial charge is 0.388 e. The smallest absolute Gasteiger partial charge is 0.295 e. The Morgan fingerprint density at radius 1 is 1.02 bits per heavy atom. The lowest BCUT2D eigenvalue weighted by molar-refractivity contribution is -0.244. The van der Waals surface area contributed by atoms with E-state index in [1.165, 1.54) is 4.90 Å². The summed E-state index contributed by atoms with van der Waals surface area (Å²) in [7, 11) is 1.61. The van der Waals surface area contributed by atoms with Crippen LogP contribution in [-0.2, 0) is 28.7 Å². The lowest BCUT2D eigenvalue weighted by Gasteiger charge is -2.38. The number of hydrogen-bond acceptors (Lipinski definition) is 8. The van der Waals surface area contributed by atoms with Crippen LogP contribution < -0.4 is 0 Å². The van der Waals surface area contributed by atoms with Crippen LogP contribution in [0.1, 0.15) is 92.4 Å². The predicted molar refractivity (Wildman–Crippen MR) is 174 cm³/mol. The molecule has 2 fully saturated rings. The minimum Gasteiger partial charge on any atom is -0.388 e. The maximum Gasteiger partial charge on any atom is 0.295 e. The Bertz CT molecular complexity index is 1120. The van der Waals surface area contributed by atoms with Crippen LogP contribution in [0, 0.1) is 17.8 Å². The molecule has 0 bridgehead atoms. The number of likely N-dealkylation sites (tertiary alicyclic amines) is 1. The number of methoxy groups -OCH3 is 1. The van der Waals surface area contributed by atoms with Crippen molar-refractivity contribution in [1.29, 1.82) is 0 Å². The molecular formula is C36H55NO8. The molecule has 2 saturated heterocycles. The standard InChI is InChI=1S/C36H55NO8/c1-25(20-28(4)31(39)23-32(40)29(5)21-26(2)24-38)14-9-7-10-15-27(3)33(44-6)22-30-16-13-17-36(43,45-30)34(41)35(42)37-18-11-8-12-19-37/h7,9-10,14-15,21,24-26,28,30,32-33,40,43H,8,11-13,16-20,22-23H2,1-6H3/b10-7+,14-9+,27-15+,29-21+/t25?,26-,28-,30+,32+,33+,36-/m1/s1. The number of ether oxygens (including phenoxy) is 2. The highest BCUT2D eigenvalue weighted by molar-refractivity contribution is 6.38. The number of aliphatic hydroxyl groups is 2. The fourth-order valence-corrected chi connectivity index (χ4v) is 5.93. The average Bonchev–Trinajstić information content (AvgIpc) is 3.02. The van der Waals surface area contributed by atoms with Gasteiger partial charge in [0, 0.05) is 51.3 Å². The van der Waals surface area contributed by atoms with Crippen LogP contribution in [0.3, 0.4) is 0 Å². The molecule has 9 nitrogen and oxygen atoms in total. The van der Waals surface area contributed by atoms with Gasteiger partial charge in [-0.2, -0.15) is 0 Å². The first-order valence-electron chi connectivity index (χ1n) is 16.4. The number of rotatable bonds is 17. The molecule has 2 heterocycles. The third kappa shape index (κ3) is 12.5. The van der Waals surface area contributed by atoms with E-state index in [0.717, 1.165) is 31.1 Å². The first kappa shape index (κ1) is 38.5. The Morgan fingerprint density at radius 3 is 2.36 bits per heavy atom.